The van der Waals surface area contributed by atoms with E-state index in [-0.39, 0.29) is 11.6 Å². The topological polar surface area (TPSA) is 66.8 Å². The van der Waals surface area contributed by atoms with E-state index in [0.717, 1.165) is 32.9 Å². The summed E-state index contributed by atoms with van der Waals surface area (Å²) in [5, 5.41) is 5.01. The zero-order valence-corrected chi connectivity index (χ0v) is 15.8. The molecule has 0 bridgehead atoms. The van der Waals surface area contributed by atoms with Gasteiger partial charge in [-0.25, -0.2) is 4.98 Å². The molecule has 0 amide bonds. The van der Waals surface area contributed by atoms with Crippen molar-refractivity contribution in [3.05, 3.63) is 44.1 Å². The molecule has 0 saturated heterocycles. The quantitative estimate of drug-likeness (QED) is 0.789. The van der Waals surface area contributed by atoms with E-state index >= 15 is 0 Å². The van der Waals surface area contributed by atoms with Gasteiger partial charge in [0.05, 0.1) is 17.6 Å². The Morgan fingerprint density at radius 3 is 2.71 bits per heavy atom. The second-order valence-electron chi connectivity index (χ2n) is 6.38. The zero-order valence-electron chi connectivity index (χ0n) is 15.0. The highest BCUT2D eigenvalue weighted by Gasteiger charge is 2.19. The minimum absolute atomic E-state index is 0.00409. The summed E-state index contributed by atoms with van der Waals surface area (Å²) in [6, 6.07) is 0.00409. The lowest BCUT2D eigenvalue weighted by Crippen LogP contribution is -2.26. The largest absolute Gasteiger partial charge is 0.309 e. The number of nitrogens with zero attached hydrogens (tertiary/aromatic N) is 4. The van der Waals surface area contributed by atoms with E-state index in [9.17, 15) is 4.79 Å². The van der Waals surface area contributed by atoms with Gasteiger partial charge in [0.2, 0.25) is 0 Å². The van der Waals surface area contributed by atoms with Crippen LogP contribution in [0.1, 0.15) is 40.5 Å². The third-order valence-electron chi connectivity index (χ3n) is 4.87. The molecule has 0 spiro atoms. The van der Waals surface area contributed by atoms with E-state index in [1.807, 2.05) is 38.8 Å². The molecule has 0 saturated carbocycles. The average molecular weight is 345 g/mol. The molecule has 0 aliphatic carbocycles. The van der Waals surface area contributed by atoms with Crippen molar-refractivity contribution in [2.45, 2.75) is 40.3 Å². The summed E-state index contributed by atoms with van der Waals surface area (Å²) in [6.45, 7) is 8.88. The fourth-order valence-electron chi connectivity index (χ4n) is 2.78. The van der Waals surface area contributed by atoms with E-state index in [1.165, 1.54) is 5.56 Å². The molecule has 3 aromatic rings. The van der Waals surface area contributed by atoms with E-state index in [4.69, 9.17) is 4.98 Å². The maximum absolute atomic E-state index is 12.5. The summed E-state index contributed by atoms with van der Waals surface area (Å²) in [5.41, 5.74) is 3.31. The molecule has 128 valence electrons. The molecule has 3 aromatic heterocycles. The van der Waals surface area contributed by atoms with Crippen LogP contribution in [-0.2, 0) is 13.6 Å². The Morgan fingerprint density at radius 1 is 1.38 bits per heavy atom. The van der Waals surface area contributed by atoms with Gasteiger partial charge in [0.15, 0.2) is 0 Å². The predicted molar refractivity (Wildman–Crippen MR) is 97.5 cm³/mol. The number of hydrogen-bond acceptors (Lipinski definition) is 5. The van der Waals surface area contributed by atoms with E-state index in [0.29, 0.717) is 5.82 Å². The maximum atomic E-state index is 12.5. The molecule has 1 N–H and O–H groups in total. The number of hydrogen-bond donors (Lipinski definition) is 1. The Balaban J connectivity index is 1.91. The Morgan fingerprint density at radius 2 is 2.08 bits per heavy atom. The second kappa shape index (κ2) is 6.14. The molecule has 1 unspecified atom stereocenters. The van der Waals surface area contributed by atoms with Gasteiger partial charge in [0.1, 0.15) is 10.7 Å². The normalized spacial score (nSPS) is 13.1. The van der Waals surface area contributed by atoms with Crippen LogP contribution < -0.4 is 5.56 Å². The van der Waals surface area contributed by atoms with Crippen LogP contribution in [0.15, 0.2) is 11.0 Å². The lowest BCUT2D eigenvalue weighted by molar-refractivity contribution is 0.243. The lowest BCUT2D eigenvalue weighted by Gasteiger charge is -2.23. The first-order valence-electron chi connectivity index (χ1n) is 7.97. The van der Waals surface area contributed by atoms with Crippen molar-refractivity contribution in [3.8, 4) is 0 Å². The first kappa shape index (κ1) is 16.9. The van der Waals surface area contributed by atoms with Crippen LogP contribution >= 0.6 is 11.3 Å². The van der Waals surface area contributed by atoms with Gasteiger partial charge in [0, 0.05) is 29.7 Å². The van der Waals surface area contributed by atoms with Crippen molar-refractivity contribution in [3.63, 3.8) is 0 Å². The van der Waals surface area contributed by atoms with Crippen LogP contribution in [0.3, 0.4) is 0 Å². The highest BCUT2D eigenvalue weighted by Crippen LogP contribution is 2.27. The minimum Gasteiger partial charge on any atom is -0.309 e. The Hall–Kier alpha value is -1.99. The van der Waals surface area contributed by atoms with Crippen molar-refractivity contribution < 1.29 is 0 Å². The van der Waals surface area contributed by atoms with Crippen molar-refractivity contribution >= 4 is 21.6 Å². The van der Waals surface area contributed by atoms with E-state index < -0.39 is 0 Å². The van der Waals surface area contributed by atoms with Crippen LogP contribution in [0.4, 0.5) is 0 Å². The molecule has 0 aromatic carbocycles. The van der Waals surface area contributed by atoms with Crippen molar-refractivity contribution in [2.24, 2.45) is 7.05 Å². The SMILES string of the molecule is Cc1sc2nc(C(C)N(C)Cc3cnn(C)c3C)[nH]c(=O)c2c1C. The third kappa shape index (κ3) is 2.78. The molecule has 7 heteroatoms. The number of aryl methyl sites for hydroxylation is 3. The van der Waals surface area contributed by atoms with Crippen LogP contribution in [0, 0.1) is 20.8 Å². The van der Waals surface area contributed by atoms with Gasteiger partial charge in [-0.15, -0.1) is 11.3 Å². The molecule has 0 aliphatic heterocycles. The van der Waals surface area contributed by atoms with Gasteiger partial charge in [-0.2, -0.15) is 5.10 Å². The fraction of sp³-hybridized carbons (Fsp3) is 0.471. The molecule has 6 nitrogen and oxygen atoms in total. The van der Waals surface area contributed by atoms with Gasteiger partial charge in [-0.05, 0) is 40.3 Å². The highest BCUT2D eigenvalue weighted by molar-refractivity contribution is 7.18. The number of H-pyrrole nitrogens is 1. The van der Waals surface area contributed by atoms with Gasteiger partial charge in [-0.3, -0.25) is 14.4 Å². The number of aromatic amines is 1. The van der Waals surface area contributed by atoms with Crippen molar-refractivity contribution in [1.82, 2.24) is 24.6 Å². The smallest absolute Gasteiger partial charge is 0.259 e. The number of aromatic nitrogens is 4. The van der Waals surface area contributed by atoms with Gasteiger partial charge in [-0.1, -0.05) is 0 Å². The van der Waals surface area contributed by atoms with Crippen LogP contribution in [0.2, 0.25) is 0 Å². The first-order chi connectivity index (χ1) is 11.3. The molecule has 0 aliphatic rings. The molecule has 0 radical (unpaired) electrons. The molecule has 24 heavy (non-hydrogen) atoms. The third-order valence-corrected chi connectivity index (χ3v) is 5.97. The van der Waals surface area contributed by atoms with E-state index in [2.05, 4.69) is 28.8 Å². The first-order valence-corrected chi connectivity index (χ1v) is 8.78. The minimum atomic E-state index is -0.0466. The summed E-state index contributed by atoms with van der Waals surface area (Å²) in [5.74, 6) is 0.706. The van der Waals surface area contributed by atoms with Crippen LogP contribution in [0.25, 0.3) is 10.2 Å². The summed E-state index contributed by atoms with van der Waals surface area (Å²) in [4.78, 5) is 24.3. The molecule has 3 heterocycles. The molecule has 3 rings (SSSR count). The van der Waals surface area contributed by atoms with Crippen molar-refractivity contribution in [2.75, 3.05) is 7.05 Å². The Labute approximate surface area is 145 Å². The zero-order chi connectivity index (χ0) is 17.6. The lowest BCUT2D eigenvalue weighted by atomic mass is 10.2. The molecular weight excluding hydrogens is 322 g/mol. The Bertz CT molecular complexity index is 952. The van der Waals surface area contributed by atoms with Crippen LogP contribution in [-0.4, -0.2) is 31.7 Å². The molecule has 0 fully saturated rings. The summed E-state index contributed by atoms with van der Waals surface area (Å²) < 4.78 is 1.87. The fourth-order valence-corrected chi connectivity index (χ4v) is 3.82. The van der Waals surface area contributed by atoms with Crippen molar-refractivity contribution in [1.29, 1.82) is 0 Å². The number of fused-ring (bicyclic) bond motifs is 1. The van der Waals surface area contributed by atoms with Gasteiger partial charge in [0.25, 0.3) is 5.56 Å². The molecular formula is C17H23N5OS. The summed E-state index contributed by atoms with van der Waals surface area (Å²) >= 11 is 1.58. The number of thiophene rings is 1. The van der Waals surface area contributed by atoms with Crippen LogP contribution in [0.5, 0.6) is 0 Å². The molecule has 1 atom stereocenters. The average Bonchev–Trinajstić information content (AvgIpc) is 3.00. The number of nitrogens with one attached hydrogen (secondary N) is 1. The van der Waals surface area contributed by atoms with E-state index in [1.54, 1.807) is 11.3 Å². The monoisotopic (exact) mass is 345 g/mol. The van der Waals surface area contributed by atoms with Gasteiger partial charge >= 0.3 is 0 Å². The van der Waals surface area contributed by atoms with Gasteiger partial charge < -0.3 is 4.98 Å². The summed E-state index contributed by atoms with van der Waals surface area (Å²) in [7, 11) is 3.98. The summed E-state index contributed by atoms with van der Waals surface area (Å²) in [6.07, 6.45) is 1.89. The number of rotatable bonds is 4. The highest BCUT2D eigenvalue weighted by atomic mass is 32.1. The Kier molecular flexibility index (Phi) is 4.31. The second-order valence-corrected chi connectivity index (χ2v) is 7.59. The predicted octanol–water partition coefficient (Wildman–Crippen LogP) is 2.84. The maximum Gasteiger partial charge on any atom is 0.259 e. The standard InChI is InChI=1S/C17H23N5OS/c1-9-12(4)24-17-14(9)16(23)19-15(20-17)11(3)21(5)8-13-7-18-22(6)10(13)2/h7,11H,8H2,1-6H3,(H,19,20,23).